The molecule has 0 aromatic heterocycles. The van der Waals surface area contributed by atoms with Gasteiger partial charge in [-0.05, 0) is 19.4 Å². The minimum atomic E-state index is -0.334. The molecular weight excluding hydrogens is 220 g/mol. The number of fused-ring (bicyclic) bond motifs is 1. The van der Waals surface area contributed by atoms with E-state index in [4.69, 9.17) is 14.2 Å². The van der Waals surface area contributed by atoms with Gasteiger partial charge in [0, 0.05) is 6.42 Å². The summed E-state index contributed by atoms with van der Waals surface area (Å²) < 4.78 is 17.1. The van der Waals surface area contributed by atoms with Crippen LogP contribution in [0.2, 0.25) is 0 Å². The highest BCUT2D eigenvalue weighted by molar-refractivity contribution is 5.89. The van der Waals surface area contributed by atoms with E-state index in [1.54, 1.807) is 6.08 Å². The Bertz CT molecular complexity index is 313. The molecule has 2 fully saturated rings. The molecule has 0 spiro atoms. The topological polar surface area (TPSA) is 44.8 Å². The average molecular weight is 240 g/mol. The summed E-state index contributed by atoms with van der Waals surface area (Å²) in [5.74, 6) is 0.146. The highest BCUT2D eigenvalue weighted by Gasteiger charge is 2.41. The molecule has 2 aliphatic rings. The van der Waals surface area contributed by atoms with Gasteiger partial charge >= 0.3 is 0 Å². The molecule has 0 N–H and O–H groups in total. The summed E-state index contributed by atoms with van der Waals surface area (Å²) in [5.41, 5.74) is -0.334. The number of allylic oxidation sites excluding steroid dienone is 1. The molecule has 0 aromatic rings. The normalized spacial score (nSPS) is 37.3. The van der Waals surface area contributed by atoms with Crippen molar-refractivity contribution in [3.63, 3.8) is 0 Å². The number of ether oxygens (including phenoxy) is 3. The van der Waals surface area contributed by atoms with Crippen LogP contribution in [0, 0.1) is 0 Å². The van der Waals surface area contributed by atoms with Crippen molar-refractivity contribution in [2.75, 3.05) is 19.8 Å². The second-order valence-electron chi connectivity index (χ2n) is 4.92. The number of carbonyl (C=O) groups is 1. The molecule has 2 rings (SSSR count). The van der Waals surface area contributed by atoms with E-state index in [0.717, 1.165) is 0 Å². The molecular formula is C13H20O4. The molecule has 0 saturated carbocycles. The number of hydrogen-bond donors (Lipinski definition) is 0. The molecule has 0 unspecified atom stereocenters. The highest BCUT2D eigenvalue weighted by atomic mass is 16.6. The third-order valence-corrected chi connectivity index (χ3v) is 3.22. The van der Waals surface area contributed by atoms with Crippen LogP contribution >= 0.6 is 0 Å². The van der Waals surface area contributed by atoms with Crippen LogP contribution < -0.4 is 0 Å². The Kier molecular flexibility index (Phi) is 3.97. The van der Waals surface area contributed by atoms with Gasteiger partial charge in [-0.1, -0.05) is 13.0 Å². The van der Waals surface area contributed by atoms with E-state index >= 15 is 0 Å². The molecule has 0 aliphatic carbocycles. The van der Waals surface area contributed by atoms with E-state index in [0.29, 0.717) is 32.7 Å². The third-order valence-electron chi connectivity index (χ3n) is 3.22. The second-order valence-corrected chi connectivity index (χ2v) is 4.92. The van der Waals surface area contributed by atoms with Crippen LogP contribution in [-0.4, -0.2) is 43.4 Å². The zero-order chi connectivity index (χ0) is 12.3. The Morgan fingerprint density at radius 2 is 2.18 bits per heavy atom. The fourth-order valence-corrected chi connectivity index (χ4v) is 2.13. The molecule has 3 atom stereocenters. The predicted octanol–water partition coefficient (Wildman–Crippen LogP) is 1.48. The third kappa shape index (κ3) is 3.15. The van der Waals surface area contributed by atoms with Gasteiger partial charge in [0.2, 0.25) is 0 Å². The lowest BCUT2D eigenvalue weighted by molar-refractivity contribution is -0.207. The Balaban J connectivity index is 1.87. The van der Waals surface area contributed by atoms with Gasteiger partial charge in [0.1, 0.15) is 12.2 Å². The maximum Gasteiger partial charge on any atom is 0.155 e. The Hall–Kier alpha value is -0.710. The molecule has 4 heteroatoms. The summed E-state index contributed by atoms with van der Waals surface area (Å²) >= 11 is 0. The van der Waals surface area contributed by atoms with Gasteiger partial charge in [-0.15, -0.1) is 0 Å². The minimum absolute atomic E-state index is 0.0454. The smallest absolute Gasteiger partial charge is 0.155 e. The van der Waals surface area contributed by atoms with Gasteiger partial charge in [0.15, 0.2) is 5.78 Å². The van der Waals surface area contributed by atoms with Crippen molar-refractivity contribution >= 4 is 5.78 Å². The van der Waals surface area contributed by atoms with Crippen LogP contribution in [0.1, 0.15) is 26.7 Å². The van der Waals surface area contributed by atoms with E-state index in [-0.39, 0.29) is 23.6 Å². The molecule has 0 bridgehead atoms. The van der Waals surface area contributed by atoms with E-state index in [1.807, 2.05) is 19.9 Å². The zero-order valence-corrected chi connectivity index (χ0v) is 10.5. The molecule has 0 aromatic carbocycles. The van der Waals surface area contributed by atoms with Crippen LogP contribution in [-0.2, 0) is 19.0 Å². The molecule has 2 aliphatic heterocycles. The summed E-state index contributed by atoms with van der Waals surface area (Å²) in [6, 6.07) is 0. The van der Waals surface area contributed by atoms with Crippen LogP contribution in [0.4, 0.5) is 0 Å². The van der Waals surface area contributed by atoms with Crippen LogP contribution in [0.15, 0.2) is 12.2 Å². The average Bonchev–Trinajstić information content (AvgIpc) is 2.75. The quantitative estimate of drug-likeness (QED) is 0.698. The zero-order valence-electron chi connectivity index (χ0n) is 10.5. The van der Waals surface area contributed by atoms with Gasteiger partial charge in [-0.25, -0.2) is 0 Å². The minimum Gasteiger partial charge on any atom is -0.376 e. The van der Waals surface area contributed by atoms with Crippen molar-refractivity contribution in [2.45, 2.75) is 44.5 Å². The van der Waals surface area contributed by atoms with Crippen molar-refractivity contribution in [2.24, 2.45) is 0 Å². The number of rotatable bonds is 4. The number of ketones is 1. The predicted molar refractivity (Wildman–Crippen MR) is 62.9 cm³/mol. The summed E-state index contributed by atoms with van der Waals surface area (Å²) in [4.78, 5) is 11.2. The Morgan fingerprint density at radius 1 is 1.41 bits per heavy atom. The molecule has 4 nitrogen and oxygen atoms in total. The van der Waals surface area contributed by atoms with Crippen molar-refractivity contribution in [3.8, 4) is 0 Å². The molecule has 96 valence electrons. The fraction of sp³-hybridized carbons (Fsp3) is 0.769. The maximum absolute atomic E-state index is 11.2. The summed E-state index contributed by atoms with van der Waals surface area (Å²) in [6.45, 7) is 5.67. The first-order chi connectivity index (χ1) is 8.13. The van der Waals surface area contributed by atoms with Gasteiger partial charge < -0.3 is 14.2 Å². The molecule has 0 radical (unpaired) electrons. The summed E-state index contributed by atoms with van der Waals surface area (Å²) in [5, 5.41) is 0. The monoisotopic (exact) mass is 240 g/mol. The van der Waals surface area contributed by atoms with Gasteiger partial charge in [0.05, 0.1) is 25.4 Å². The first kappa shape index (κ1) is 12.7. The van der Waals surface area contributed by atoms with E-state index in [1.165, 1.54) is 0 Å². The molecule has 2 heterocycles. The number of hydrogen-bond acceptors (Lipinski definition) is 4. The standard InChI is InChI=1S/C13H20O4/c1-3-10(14)5-4-6-13(2)9-16-11-7-15-8-12(11)17-13/h4-5,11-12H,3,6-9H2,1-2H3/b5-4+/t11-,12-,13+/m1/s1. The lowest BCUT2D eigenvalue weighted by atomic mass is 10.00. The van der Waals surface area contributed by atoms with Gasteiger partial charge in [-0.3, -0.25) is 4.79 Å². The van der Waals surface area contributed by atoms with Crippen molar-refractivity contribution in [1.29, 1.82) is 0 Å². The summed E-state index contributed by atoms with van der Waals surface area (Å²) in [6.07, 6.45) is 4.88. The largest absolute Gasteiger partial charge is 0.376 e. The second kappa shape index (κ2) is 5.29. The lowest BCUT2D eigenvalue weighted by Crippen LogP contribution is -2.49. The lowest BCUT2D eigenvalue weighted by Gasteiger charge is -2.39. The first-order valence-corrected chi connectivity index (χ1v) is 6.19. The Morgan fingerprint density at radius 3 is 2.94 bits per heavy atom. The fourth-order valence-electron chi connectivity index (χ4n) is 2.13. The van der Waals surface area contributed by atoms with Crippen molar-refractivity contribution in [3.05, 3.63) is 12.2 Å². The first-order valence-electron chi connectivity index (χ1n) is 6.19. The van der Waals surface area contributed by atoms with Crippen LogP contribution in [0.3, 0.4) is 0 Å². The van der Waals surface area contributed by atoms with Crippen LogP contribution in [0.25, 0.3) is 0 Å². The van der Waals surface area contributed by atoms with Gasteiger partial charge in [-0.2, -0.15) is 0 Å². The Labute approximate surface area is 102 Å². The SMILES string of the molecule is CCC(=O)/C=C/C[C@@]1(C)CO[C@@H]2COC[C@H]2O1. The molecule has 17 heavy (non-hydrogen) atoms. The highest BCUT2D eigenvalue weighted by Crippen LogP contribution is 2.29. The van der Waals surface area contributed by atoms with Crippen LogP contribution in [0.5, 0.6) is 0 Å². The van der Waals surface area contributed by atoms with E-state index in [9.17, 15) is 4.79 Å². The van der Waals surface area contributed by atoms with Crippen molar-refractivity contribution < 1.29 is 19.0 Å². The number of carbonyl (C=O) groups excluding carboxylic acids is 1. The summed E-state index contributed by atoms with van der Waals surface area (Å²) in [7, 11) is 0. The maximum atomic E-state index is 11.2. The van der Waals surface area contributed by atoms with Gasteiger partial charge in [0.25, 0.3) is 0 Å². The van der Waals surface area contributed by atoms with Crippen molar-refractivity contribution in [1.82, 2.24) is 0 Å². The van der Waals surface area contributed by atoms with E-state index < -0.39 is 0 Å². The molecule has 0 amide bonds. The van der Waals surface area contributed by atoms with E-state index in [2.05, 4.69) is 0 Å². The molecule has 2 saturated heterocycles.